The van der Waals surface area contributed by atoms with Crippen molar-refractivity contribution in [3.8, 4) is 0 Å². The lowest BCUT2D eigenvalue weighted by Crippen LogP contribution is -2.14. The van der Waals surface area contributed by atoms with Crippen LogP contribution in [0, 0.1) is 5.82 Å². The van der Waals surface area contributed by atoms with E-state index in [0.717, 1.165) is 5.69 Å². The summed E-state index contributed by atoms with van der Waals surface area (Å²) in [6.07, 6.45) is 0. The lowest BCUT2D eigenvalue weighted by atomic mass is 10.2. The Balaban J connectivity index is 2.20. The molecule has 1 N–H and O–H groups in total. The Morgan fingerprint density at radius 2 is 1.84 bits per heavy atom. The van der Waals surface area contributed by atoms with Gasteiger partial charge in [0, 0.05) is 25.5 Å². The Kier molecular flexibility index (Phi) is 3.80. The standard InChI is InChI=1S/C15H15FN2O/c1-18(2)12-7-5-6-11(10-12)17-15(19)13-8-3-4-9-14(13)16/h3-10H,1-2H3,(H,17,19). The summed E-state index contributed by atoms with van der Waals surface area (Å²) in [4.78, 5) is 13.9. The van der Waals surface area contributed by atoms with Gasteiger partial charge in [0.05, 0.1) is 5.56 Å². The van der Waals surface area contributed by atoms with E-state index < -0.39 is 11.7 Å². The molecule has 19 heavy (non-hydrogen) atoms. The third-order valence-corrected chi connectivity index (χ3v) is 2.74. The van der Waals surface area contributed by atoms with Gasteiger partial charge in [0.1, 0.15) is 5.82 Å². The fraction of sp³-hybridized carbons (Fsp3) is 0.133. The first-order valence-corrected chi connectivity index (χ1v) is 5.91. The maximum absolute atomic E-state index is 13.5. The third kappa shape index (κ3) is 3.10. The molecular formula is C15H15FN2O. The van der Waals surface area contributed by atoms with E-state index in [0.29, 0.717) is 5.69 Å². The first kappa shape index (κ1) is 13.1. The summed E-state index contributed by atoms with van der Waals surface area (Å²) in [6.45, 7) is 0. The summed E-state index contributed by atoms with van der Waals surface area (Å²) < 4.78 is 13.5. The number of rotatable bonds is 3. The molecule has 98 valence electrons. The molecule has 0 bridgehead atoms. The van der Waals surface area contributed by atoms with Crippen LogP contribution in [0.3, 0.4) is 0 Å². The lowest BCUT2D eigenvalue weighted by molar-refractivity contribution is 0.102. The highest BCUT2D eigenvalue weighted by Gasteiger charge is 2.11. The molecule has 0 spiro atoms. The minimum atomic E-state index is -0.524. The van der Waals surface area contributed by atoms with Crippen molar-refractivity contribution >= 4 is 17.3 Å². The molecule has 0 atom stereocenters. The maximum Gasteiger partial charge on any atom is 0.258 e. The third-order valence-electron chi connectivity index (χ3n) is 2.74. The highest BCUT2D eigenvalue weighted by atomic mass is 19.1. The van der Waals surface area contributed by atoms with Gasteiger partial charge in [0.25, 0.3) is 5.91 Å². The minimum absolute atomic E-state index is 0.0396. The van der Waals surface area contributed by atoms with Crippen LogP contribution in [-0.2, 0) is 0 Å². The zero-order chi connectivity index (χ0) is 13.8. The van der Waals surface area contributed by atoms with Crippen LogP contribution in [0.1, 0.15) is 10.4 Å². The number of anilines is 2. The van der Waals surface area contributed by atoms with Gasteiger partial charge in [-0.15, -0.1) is 0 Å². The number of hydrogen-bond acceptors (Lipinski definition) is 2. The van der Waals surface area contributed by atoms with Gasteiger partial charge in [-0.05, 0) is 30.3 Å². The van der Waals surface area contributed by atoms with Gasteiger partial charge >= 0.3 is 0 Å². The zero-order valence-corrected chi connectivity index (χ0v) is 10.9. The number of nitrogens with zero attached hydrogens (tertiary/aromatic N) is 1. The molecule has 0 aliphatic rings. The number of nitrogens with one attached hydrogen (secondary N) is 1. The summed E-state index contributed by atoms with van der Waals surface area (Å²) in [5.74, 6) is -0.974. The van der Waals surface area contributed by atoms with Crippen LogP contribution in [0.25, 0.3) is 0 Å². The second-order valence-electron chi connectivity index (χ2n) is 4.38. The Morgan fingerprint density at radius 3 is 2.53 bits per heavy atom. The molecule has 0 saturated heterocycles. The zero-order valence-electron chi connectivity index (χ0n) is 10.9. The number of hydrogen-bond donors (Lipinski definition) is 1. The maximum atomic E-state index is 13.5. The number of halogens is 1. The van der Waals surface area contributed by atoms with Crippen LogP contribution >= 0.6 is 0 Å². The molecule has 4 heteroatoms. The highest BCUT2D eigenvalue weighted by Crippen LogP contribution is 2.18. The topological polar surface area (TPSA) is 32.3 Å². The summed E-state index contributed by atoms with van der Waals surface area (Å²) >= 11 is 0. The van der Waals surface area contributed by atoms with Crippen LogP contribution in [0.5, 0.6) is 0 Å². The normalized spacial score (nSPS) is 10.1. The van der Waals surface area contributed by atoms with Crippen molar-refractivity contribution in [3.63, 3.8) is 0 Å². The van der Waals surface area contributed by atoms with E-state index in [1.165, 1.54) is 12.1 Å². The summed E-state index contributed by atoms with van der Waals surface area (Å²) in [6, 6.07) is 13.3. The Hall–Kier alpha value is -2.36. The average molecular weight is 258 g/mol. The molecule has 0 radical (unpaired) electrons. The average Bonchev–Trinajstić information content (AvgIpc) is 2.39. The summed E-state index contributed by atoms with van der Waals surface area (Å²) in [7, 11) is 3.83. The summed E-state index contributed by atoms with van der Waals surface area (Å²) in [5, 5.41) is 2.69. The Morgan fingerprint density at radius 1 is 1.11 bits per heavy atom. The van der Waals surface area contributed by atoms with Crippen molar-refractivity contribution in [3.05, 3.63) is 59.9 Å². The molecule has 1 amide bonds. The molecule has 0 fully saturated rings. The van der Waals surface area contributed by atoms with Crippen LogP contribution in [0.4, 0.5) is 15.8 Å². The van der Waals surface area contributed by atoms with E-state index >= 15 is 0 Å². The molecule has 0 aliphatic carbocycles. The van der Waals surface area contributed by atoms with Gasteiger partial charge < -0.3 is 10.2 Å². The Labute approximate surface area is 111 Å². The lowest BCUT2D eigenvalue weighted by Gasteiger charge is -2.14. The minimum Gasteiger partial charge on any atom is -0.378 e. The highest BCUT2D eigenvalue weighted by molar-refractivity contribution is 6.04. The predicted molar refractivity (Wildman–Crippen MR) is 75.1 cm³/mol. The fourth-order valence-corrected chi connectivity index (χ4v) is 1.71. The number of carbonyl (C=O) groups excluding carboxylic acids is 1. The number of amides is 1. The molecule has 3 nitrogen and oxygen atoms in total. The van der Waals surface area contributed by atoms with Crippen molar-refractivity contribution < 1.29 is 9.18 Å². The van der Waals surface area contributed by atoms with E-state index in [9.17, 15) is 9.18 Å². The molecule has 0 saturated carbocycles. The molecular weight excluding hydrogens is 243 g/mol. The van der Waals surface area contributed by atoms with Crippen molar-refractivity contribution in [2.24, 2.45) is 0 Å². The molecule has 0 aromatic heterocycles. The van der Waals surface area contributed by atoms with Crippen LogP contribution in [-0.4, -0.2) is 20.0 Å². The first-order chi connectivity index (χ1) is 9.08. The van der Waals surface area contributed by atoms with Crippen molar-refractivity contribution in [2.75, 3.05) is 24.3 Å². The van der Waals surface area contributed by atoms with E-state index in [1.54, 1.807) is 18.2 Å². The molecule has 2 aromatic rings. The first-order valence-electron chi connectivity index (χ1n) is 5.91. The van der Waals surface area contributed by atoms with E-state index in [2.05, 4.69) is 5.32 Å². The van der Waals surface area contributed by atoms with Gasteiger partial charge in [0.2, 0.25) is 0 Å². The second-order valence-corrected chi connectivity index (χ2v) is 4.38. The van der Waals surface area contributed by atoms with Crippen LogP contribution < -0.4 is 10.2 Å². The van der Waals surface area contributed by atoms with E-state index in [1.807, 2.05) is 37.2 Å². The smallest absolute Gasteiger partial charge is 0.258 e. The summed E-state index contributed by atoms with van der Waals surface area (Å²) in [5.41, 5.74) is 1.64. The molecule has 0 aliphatic heterocycles. The van der Waals surface area contributed by atoms with E-state index in [4.69, 9.17) is 0 Å². The van der Waals surface area contributed by atoms with Gasteiger partial charge in [-0.25, -0.2) is 4.39 Å². The molecule has 0 unspecified atom stereocenters. The monoisotopic (exact) mass is 258 g/mol. The molecule has 0 heterocycles. The second kappa shape index (κ2) is 5.52. The van der Waals surface area contributed by atoms with Crippen LogP contribution in [0.15, 0.2) is 48.5 Å². The Bertz CT molecular complexity index is 596. The fourth-order valence-electron chi connectivity index (χ4n) is 1.71. The van der Waals surface area contributed by atoms with Gasteiger partial charge in [-0.1, -0.05) is 18.2 Å². The quantitative estimate of drug-likeness (QED) is 0.917. The van der Waals surface area contributed by atoms with E-state index in [-0.39, 0.29) is 5.56 Å². The SMILES string of the molecule is CN(C)c1cccc(NC(=O)c2ccccc2F)c1. The van der Waals surface area contributed by atoms with Crippen molar-refractivity contribution in [1.29, 1.82) is 0 Å². The van der Waals surface area contributed by atoms with Gasteiger partial charge in [0.15, 0.2) is 0 Å². The van der Waals surface area contributed by atoms with Gasteiger partial charge in [-0.2, -0.15) is 0 Å². The van der Waals surface area contributed by atoms with Crippen LogP contribution in [0.2, 0.25) is 0 Å². The number of carbonyl (C=O) groups is 1. The van der Waals surface area contributed by atoms with Crippen molar-refractivity contribution in [1.82, 2.24) is 0 Å². The molecule has 2 aromatic carbocycles. The molecule has 2 rings (SSSR count). The largest absolute Gasteiger partial charge is 0.378 e. The predicted octanol–water partition coefficient (Wildman–Crippen LogP) is 3.14. The van der Waals surface area contributed by atoms with Crippen molar-refractivity contribution in [2.45, 2.75) is 0 Å². The van der Waals surface area contributed by atoms with Gasteiger partial charge in [-0.3, -0.25) is 4.79 Å². The number of benzene rings is 2.